The number of sulfonamides is 1. The van der Waals surface area contributed by atoms with Crippen LogP contribution in [0.4, 0.5) is 11.4 Å². The van der Waals surface area contributed by atoms with Crippen LogP contribution in [0.25, 0.3) is 10.9 Å². The quantitative estimate of drug-likeness (QED) is 0.225. The predicted octanol–water partition coefficient (Wildman–Crippen LogP) is 5.18. The lowest BCUT2D eigenvalue weighted by molar-refractivity contribution is 0.124. The van der Waals surface area contributed by atoms with Crippen LogP contribution in [-0.2, 0) is 15.6 Å². The summed E-state index contributed by atoms with van der Waals surface area (Å²) in [4.78, 5) is 13.4. The minimum absolute atomic E-state index is 0.0608. The first-order chi connectivity index (χ1) is 22.9. The van der Waals surface area contributed by atoms with Crippen molar-refractivity contribution in [3.05, 3.63) is 114 Å². The van der Waals surface area contributed by atoms with Gasteiger partial charge in [0.05, 0.1) is 48.6 Å². The highest BCUT2D eigenvalue weighted by molar-refractivity contribution is 7.93. The largest absolute Gasteiger partial charge is 0.497 e. The van der Waals surface area contributed by atoms with Crippen molar-refractivity contribution in [1.29, 1.82) is 5.26 Å². The number of rotatable bonds is 8. The van der Waals surface area contributed by atoms with Crippen molar-refractivity contribution in [2.45, 2.75) is 17.4 Å². The van der Waals surface area contributed by atoms with Crippen molar-refractivity contribution in [3.8, 4) is 17.6 Å². The third-order valence-corrected chi connectivity index (χ3v) is 10.9. The van der Waals surface area contributed by atoms with E-state index in [0.717, 1.165) is 22.2 Å². The third-order valence-electron chi connectivity index (χ3n) is 9.16. The molecule has 2 aliphatic rings. The molecular weight excluding hydrogens is 613 g/mol. The Bertz CT molecular complexity index is 2090. The van der Waals surface area contributed by atoms with Gasteiger partial charge in [0.1, 0.15) is 16.4 Å². The molecular formula is C36H34N6O4S. The van der Waals surface area contributed by atoms with Crippen molar-refractivity contribution >= 4 is 32.3 Å². The fraction of sp³-hybridized carbons (Fsp3) is 0.250. The smallest absolute Gasteiger partial charge is 0.266 e. The molecule has 1 unspecified atom stereocenters. The molecule has 10 nitrogen and oxygen atoms in total. The number of benzene rings is 3. The van der Waals surface area contributed by atoms with Gasteiger partial charge in [-0.25, -0.2) is 8.42 Å². The Morgan fingerprint density at radius 3 is 2.45 bits per heavy atom. The van der Waals surface area contributed by atoms with E-state index in [1.165, 1.54) is 4.31 Å². The number of pyridine rings is 2. The molecule has 0 N–H and O–H groups in total. The average molecular weight is 647 g/mol. The van der Waals surface area contributed by atoms with Crippen molar-refractivity contribution < 1.29 is 17.9 Å². The van der Waals surface area contributed by atoms with Crippen LogP contribution < -0.4 is 18.7 Å². The van der Waals surface area contributed by atoms with Gasteiger partial charge in [0.15, 0.2) is 0 Å². The molecule has 3 aromatic carbocycles. The molecule has 1 fully saturated rings. The maximum absolute atomic E-state index is 14.9. The van der Waals surface area contributed by atoms with Crippen LogP contribution in [0.15, 0.2) is 102 Å². The standard InChI is InChI=1S/C36H34N6O4S/c1-3-46-33-12-10-29(45-2)23-31(33)36(41-20-18-40(19-21-41)28-13-16-38-17-14-28)25-42(32-11-9-26(24-37)22-30(32)36)47(43,44)34-8-4-6-27-7-5-15-39-35(27)34/h4-17,22-23H,3,18-21,25H2,1-2H3. The fourth-order valence-corrected chi connectivity index (χ4v) is 8.64. The first-order valence-electron chi connectivity index (χ1n) is 15.5. The Labute approximate surface area is 274 Å². The summed E-state index contributed by atoms with van der Waals surface area (Å²) < 4.78 is 43.2. The number of piperazine rings is 1. The molecule has 11 heteroatoms. The van der Waals surface area contributed by atoms with E-state index >= 15 is 0 Å². The molecule has 1 saturated heterocycles. The Kier molecular flexibility index (Phi) is 7.91. The summed E-state index contributed by atoms with van der Waals surface area (Å²) in [6, 6.07) is 26.1. The Hall–Kier alpha value is -5.18. The van der Waals surface area contributed by atoms with E-state index in [4.69, 9.17) is 9.47 Å². The number of nitriles is 1. The van der Waals surface area contributed by atoms with Crippen LogP contribution in [0.2, 0.25) is 0 Å². The fourth-order valence-electron chi connectivity index (χ4n) is 6.96. The Morgan fingerprint density at radius 2 is 1.70 bits per heavy atom. The zero-order valence-corrected chi connectivity index (χ0v) is 27.0. The van der Waals surface area contributed by atoms with Gasteiger partial charge < -0.3 is 14.4 Å². The van der Waals surface area contributed by atoms with Gasteiger partial charge in [-0.1, -0.05) is 18.2 Å². The number of ether oxygens (including phenoxy) is 2. The monoisotopic (exact) mass is 646 g/mol. The van der Waals surface area contributed by atoms with Gasteiger partial charge in [0.25, 0.3) is 10.0 Å². The Balaban J connectivity index is 1.44. The van der Waals surface area contributed by atoms with Crippen LogP contribution in [0, 0.1) is 11.3 Å². The van der Waals surface area contributed by atoms with Crippen LogP contribution in [0.1, 0.15) is 23.6 Å². The van der Waals surface area contributed by atoms with Gasteiger partial charge in [-0.15, -0.1) is 0 Å². The van der Waals surface area contributed by atoms with Gasteiger partial charge in [0, 0.05) is 67.0 Å². The molecule has 0 saturated carbocycles. The van der Waals surface area contributed by atoms with Crippen molar-refractivity contribution in [2.75, 3.05) is 55.6 Å². The maximum Gasteiger partial charge on any atom is 0.266 e. The van der Waals surface area contributed by atoms with E-state index in [2.05, 4.69) is 25.8 Å². The number of hydrogen-bond donors (Lipinski definition) is 0. The normalized spacial score (nSPS) is 18.1. The van der Waals surface area contributed by atoms with Crippen LogP contribution in [-0.4, -0.2) is 69.7 Å². The molecule has 0 spiro atoms. The highest BCUT2D eigenvalue weighted by Gasteiger charge is 2.54. The highest BCUT2D eigenvalue weighted by atomic mass is 32.2. The number of fused-ring (bicyclic) bond motifs is 2. The zero-order valence-electron chi connectivity index (χ0n) is 26.2. The lowest BCUT2D eigenvalue weighted by atomic mass is 9.81. The number of aromatic nitrogens is 2. The molecule has 7 rings (SSSR count). The number of anilines is 2. The molecule has 47 heavy (non-hydrogen) atoms. The molecule has 1 atom stereocenters. The van der Waals surface area contributed by atoms with Crippen LogP contribution in [0.5, 0.6) is 11.5 Å². The molecule has 0 radical (unpaired) electrons. The number of hydrogen-bond acceptors (Lipinski definition) is 9. The summed E-state index contributed by atoms with van der Waals surface area (Å²) in [5.74, 6) is 1.25. The van der Waals surface area contributed by atoms with E-state index in [0.29, 0.717) is 61.1 Å². The lowest BCUT2D eigenvalue weighted by Crippen LogP contribution is -2.58. The third kappa shape index (κ3) is 5.10. The minimum atomic E-state index is -4.14. The second kappa shape index (κ2) is 12.2. The number of para-hydroxylation sites is 1. The summed E-state index contributed by atoms with van der Waals surface area (Å²) in [6.07, 6.45) is 5.18. The van der Waals surface area contributed by atoms with E-state index in [1.54, 1.807) is 56.0 Å². The van der Waals surface area contributed by atoms with Crippen LogP contribution in [0.3, 0.4) is 0 Å². The van der Waals surface area contributed by atoms with E-state index in [1.807, 2.05) is 55.5 Å². The van der Waals surface area contributed by atoms with E-state index in [9.17, 15) is 13.7 Å². The maximum atomic E-state index is 14.9. The first-order valence-corrected chi connectivity index (χ1v) is 17.0. The molecule has 2 aliphatic heterocycles. The van der Waals surface area contributed by atoms with Gasteiger partial charge in [-0.3, -0.25) is 19.2 Å². The second-order valence-corrected chi connectivity index (χ2v) is 13.4. The number of methoxy groups -OCH3 is 1. The molecule has 4 heterocycles. The summed E-state index contributed by atoms with van der Waals surface area (Å²) in [7, 11) is -2.53. The van der Waals surface area contributed by atoms with Crippen molar-refractivity contribution in [3.63, 3.8) is 0 Å². The average Bonchev–Trinajstić information content (AvgIpc) is 3.48. The molecule has 0 bridgehead atoms. The highest BCUT2D eigenvalue weighted by Crippen LogP contribution is 2.53. The van der Waals surface area contributed by atoms with Gasteiger partial charge in [-0.05, 0) is 67.6 Å². The first kappa shape index (κ1) is 30.5. The minimum Gasteiger partial charge on any atom is -0.497 e. The number of nitrogens with zero attached hydrogens (tertiary/aromatic N) is 6. The topological polar surface area (TPSA) is 112 Å². The molecule has 0 aliphatic carbocycles. The predicted molar refractivity (Wildman–Crippen MR) is 180 cm³/mol. The van der Waals surface area contributed by atoms with Crippen molar-refractivity contribution in [2.24, 2.45) is 0 Å². The molecule has 2 aromatic heterocycles. The van der Waals surface area contributed by atoms with Gasteiger partial charge >= 0.3 is 0 Å². The molecule has 238 valence electrons. The van der Waals surface area contributed by atoms with E-state index in [-0.39, 0.29) is 11.4 Å². The summed E-state index contributed by atoms with van der Waals surface area (Å²) in [6.45, 7) is 5.04. The second-order valence-electron chi connectivity index (χ2n) is 11.5. The van der Waals surface area contributed by atoms with Crippen molar-refractivity contribution in [1.82, 2.24) is 14.9 Å². The molecule has 0 amide bonds. The van der Waals surface area contributed by atoms with E-state index < -0.39 is 15.6 Å². The molecule has 5 aromatic rings. The summed E-state index contributed by atoms with van der Waals surface area (Å²) in [5.41, 5.74) is 2.92. The Morgan fingerprint density at radius 1 is 0.915 bits per heavy atom. The lowest BCUT2D eigenvalue weighted by Gasteiger charge is -2.47. The SMILES string of the molecule is CCOc1ccc(OC)cc1C1(N2CCN(c3ccncc3)CC2)CN(S(=O)(=O)c2cccc3cccnc23)c2ccc(C#N)cc21. The summed E-state index contributed by atoms with van der Waals surface area (Å²) in [5, 5.41) is 10.8. The zero-order chi connectivity index (χ0) is 32.6. The van der Waals surface area contributed by atoms with Gasteiger partial charge in [0.2, 0.25) is 0 Å². The summed E-state index contributed by atoms with van der Waals surface area (Å²) >= 11 is 0. The van der Waals surface area contributed by atoms with Gasteiger partial charge in [-0.2, -0.15) is 5.26 Å². The van der Waals surface area contributed by atoms with Crippen LogP contribution >= 0.6 is 0 Å².